The lowest BCUT2D eigenvalue weighted by atomic mass is 9.88. The van der Waals surface area contributed by atoms with E-state index in [4.69, 9.17) is 9.72 Å². The lowest BCUT2D eigenvalue weighted by Gasteiger charge is -2.48. The van der Waals surface area contributed by atoms with Gasteiger partial charge < -0.3 is 14.4 Å². The largest absolute Gasteiger partial charge is 0.465 e. The average Bonchev–Trinajstić information content (AvgIpc) is 3.53. The number of rotatable bonds is 5. The number of hydrogen-bond donors (Lipinski definition) is 1. The number of imidazole rings is 1. The van der Waals surface area contributed by atoms with E-state index in [2.05, 4.69) is 26.5 Å². The van der Waals surface area contributed by atoms with Gasteiger partial charge in [-0.1, -0.05) is 0 Å². The Hall–Kier alpha value is -3.38. The van der Waals surface area contributed by atoms with Crippen LogP contribution in [0.2, 0.25) is 0 Å². The molecule has 3 atom stereocenters. The van der Waals surface area contributed by atoms with Crippen molar-refractivity contribution < 1.29 is 23.4 Å². The minimum absolute atomic E-state index is 0.0288. The molecule has 2 aromatic heterocycles. The van der Waals surface area contributed by atoms with Gasteiger partial charge in [-0.15, -0.1) is 0 Å². The first-order valence-electron chi connectivity index (χ1n) is 12.7. The van der Waals surface area contributed by atoms with Gasteiger partial charge in [0, 0.05) is 43.8 Å². The van der Waals surface area contributed by atoms with Gasteiger partial charge in [0.2, 0.25) is 0 Å². The SMILES string of the molecule is CCn1c(-c2ncnn2C)nc2c1CN([C@H]1CO[C@H](c3cc(F)ccc3F)[C@@H](N(C(=O)O)C(C)(C)C)C1)C2. The second kappa shape index (κ2) is 9.73. The molecule has 0 unspecified atom stereocenters. The van der Waals surface area contributed by atoms with E-state index in [9.17, 15) is 18.7 Å². The summed E-state index contributed by atoms with van der Waals surface area (Å²) in [4.78, 5) is 25.2. The molecule has 3 aromatic rings. The summed E-state index contributed by atoms with van der Waals surface area (Å²) in [6.07, 6.45) is -0.170. The number of fused-ring (bicyclic) bond motifs is 1. The Morgan fingerprint density at radius 1 is 1.24 bits per heavy atom. The molecule has 2 aliphatic rings. The van der Waals surface area contributed by atoms with Crippen molar-refractivity contribution in [1.29, 1.82) is 0 Å². The zero-order valence-corrected chi connectivity index (χ0v) is 22.2. The van der Waals surface area contributed by atoms with E-state index in [1.807, 2.05) is 7.05 Å². The third-order valence-corrected chi connectivity index (χ3v) is 7.46. The minimum Gasteiger partial charge on any atom is -0.465 e. The van der Waals surface area contributed by atoms with Gasteiger partial charge in [0.1, 0.15) is 24.1 Å². The highest BCUT2D eigenvalue weighted by Gasteiger charge is 2.46. The predicted octanol–water partition coefficient (Wildman–Crippen LogP) is 3.97. The molecule has 38 heavy (non-hydrogen) atoms. The summed E-state index contributed by atoms with van der Waals surface area (Å²) in [7, 11) is 1.83. The monoisotopic (exact) mass is 529 g/mol. The molecule has 1 amide bonds. The van der Waals surface area contributed by atoms with Gasteiger partial charge >= 0.3 is 6.09 Å². The first-order chi connectivity index (χ1) is 18.0. The summed E-state index contributed by atoms with van der Waals surface area (Å²) in [5.74, 6) is 0.238. The number of benzene rings is 1. The quantitative estimate of drug-likeness (QED) is 0.534. The fourth-order valence-corrected chi connectivity index (χ4v) is 5.80. The van der Waals surface area contributed by atoms with Crippen LogP contribution in [0, 0.1) is 11.6 Å². The molecule has 0 bridgehead atoms. The van der Waals surface area contributed by atoms with Crippen LogP contribution < -0.4 is 0 Å². The van der Waals surface area contributed by atoms with Crippen molar-refractivity contribution in [2.45, 2.75) is 77.5 Å². The summed E-state index contributed by atoms with van der Waals surface area (Å²) in [5.41, 5.74) is 1.25. The minimum atomic E-state index is -1.13. The van der Waals surface area contributed by atoms with Gasteiger partial charge in [0.05, 0.1) is 24.0 Å². The van der Waals surface area contributed by atoms with Crippen LogP contribution in [0.25, 0.3) is 11.6 Å². The Balaban J connectivity index is 1.44. The molecule has 0 saturated carbocycles. The highest BCUT2D eigenvalue weighted by Crippen LogP contribution is 2.40. The van der Waals surface area contributed by atoms with Crippen molar-refractivity contribution in [3.05, 3.63) is 53.1 Å². The highest BCUT2D eigenvalue weighted by atomic mass is 19.1. The van der Waals surface area contributed by atoms with Crippen molar-refractivity contribution in [2.24, 2.45) is 7.05 Å². The number of carboxylic acid groups (broad SMARTS) is 1. The summed E-state index contributed by atoms with van der Waals surface area (Å²) < 4.78 is 39.0. The van der Waals surface area contributed by atoms with Gasteiger partial charge in [-0.2, -0.15) is 5.10 Å². The van der Waals surface area contributed by atoms with Crippen LogP contribution in [0.15, 0.2) is 24.5 Å². The molecule has 2 aliphatic heterocycles. The molecule has 10 nitrogen and oxygen atoms in total. The van der Waals surface area contributed by atoms with Crippen molar-refractivity contribution in [1.82, 2.24) is 34.1 Å². The molecule has 12 heteroatoms. The molecule has 0 radical (unpaired) electrons. The van der Waals surface area contributed by atoms with Crippen molar-refractivity contribution in [3.8, 4) is 11.6 Å². The number of hydrogen-bond acceptors (Lipinski definition) is 6. The van der Waals surface area contributed by atoms with E-state index in [1.54, 1.807) is 25.5 Å². The molecule has 1 aromatic carbocycles. The standard InChI is InChI=1S/C26H33F2N7O3/c1-6-34-21-12-33(11-19(21)31-24(34)23-29-14-30-32(23)5)16-10-20(35(25(36)37)26(2,3)4)22(38-13-16)17-9-15(27)7-8-18(17)28/h7-9,14,16,20,22H,6,10-13H2,1-5H3,(H,36,37)/t16-,20+,22-/m1/s1. The van der Waals surface area contributed by atoms with Gasteiger partial charge in [-0.25, -0.2) is 28.2 Å². The summed E-state index contributed by atoms with van der Waals surface area (Å²) >= 11 is 0. The van der Waals surface area contributed by atoms with E-state index in [0.717, 1.165) is 35.4 Å². The van der Waals surface area contributed by atoms with Gasteiger partial charge in [0.15, 0.2) is 11.6 Å². The topological polar surface area (TPSA) is 102 Å². The van der Waals surface area contributed by atoms with Crippen LogP contribution >= 0.6 is 0 Å². The van der Waals surface area contributed by atoms with Crippen LogP contribution in [-0.2, 0) is 31.4 Å². The van der Waals surface area contributed by atoms with Gasteiger partial charge in [-0.3, -0.25) is 9.80 Å². The maximum Gasteiger partial charge on any atom is 0.408 e. The molecular formula is C26H33F2N7O3. The molecule has 1 saturated heterocycles. The zero-order valence-electron chi connectivity index (χ0n) is 22.2. The Labute approximate surface area is 219 Å². The molecule has 1 fully saturated rings. The predicted molar refractivity (Wildman–Crippen MR) is 134 cm³/mol. The van der Waals surface area contributed by atoms with Crippen LogP contribution in [0.4, 0.5) is 13.6 Å². The molecule has 204 valence electrons. The lowest BCUT2D eigenvalue weighted by molar-refractivity contribution is -0.103. The number of halogens is 2. The first-order valence-corrected chi connectivity index (χ1v) is 12.7. The number of ether oxygens (including phenoxy) is 1. The second-order valence-electron chi connectivity index (χ2n) is 10.9. The summed E-state index contributed by atoms with van der Waals surface area (Å²) in [6.45, 7) is 9.55. The number of amides is 1. The van der Waals surface area contributed by atoms with Gasteiger partial charge in [0.25, 0.3) is 0 Å². The molecular weight excluding hydrogens is 496 g/mol. The van der Waals surface area contributed by atoms with Crippen LogP contribution in [0.5, 0.6) is 0 Å². The Kier molecular flexibility index (Phi) is 6.72. The Bertz CT molecular complexity index is 1350. The Morgan fingerprint density at radius 3 is 2.63 bits per heavy atom. The third kappa shape index (κ3) is 4.55. The van der Waals surface area contributed by atoms with Crippen LogP contribution in [-0.4, -0.2) is 69.5 Å². The van der Waals surface area contributed by atoms with Crippen LogP contribution in [0.3, 0.4) is 0 Å². The van der Waals surface area contributed by atoms with Crippen molar-refractivity contribution in [3.63, 3.8) is 0 Å². The van der Waals surface area contributed by atoms with Crippen LogP contribution in [0.1, 0.15) is 57.2 Å². The number of aryl methyl sites for hydroxylation is 1. The normalized spacial score (nSPS) is 22.0. The Morgan fingerprint density at radius 2 is 2.00 bits per heavy atom. The average molecular weight is 530 g/mol. The van der Waals surface area contributed by atoms with Crippen molar-refractivity contribution >= 4 is 6.09 Å². The van der Waals surface area contributed by atoms with Gasteiger partial charge in [-0.05, 0) is 52.3 Å². The maximum absolute atomic E-state index is 14.8. The van der Waals surface area contributed by atoms with Crippen molar-refractivity contribution in [2.75, 3.05) is 6.61 Å². The summed E-state index contributed by atoms with van der Waals surface area (Å²) in [6, 6.07) is 2.34. The fraction of sp³-hybridized carbons (Fsp3) is 0.538. The molecule has 1 N–H and O–H groups in total. The molecule has 5 rings (SSSR count). The zero-order chi connectivity index (χ0) is 27.4. The first kappa shape index (κ1) is 26.2. The second-order valence-corrected chi connectivity index (χ2v) is 10.9. The van der Waals surface area contributed by atoms with E-state index < -0.39 is 35.4 Å². The number of nitrogens with zero attached hydrogens (tertiary/aromatic N) is 7. The highest BCUT2D eigenvalue weighted by molar-refractivity contribution is 5.66. The smallest absolute Gasteiger partial charge is 0.408 e. The maximum atomic E-state index is 14.8. The molecule has 0 spiro atoms. The number of carbonyl (C=O) groups is 1. The van der Waals surface area contributed by atoms with E-state index in [1.165, 1.54) is 11.2 Å². The summed E-state index contributed by atoms with van der Waals surface area (Å²) in [5, 5.41) is 14.3. The van der Waals surface area contributed by atoms with E-state index in [-0.39, 0.29) is 18.2 Å². The lowest BCUT2D eigenvalue weighted by Crippen LogP contribution is -2.58. The number of aromatic nitrogens is 5. The van der Waals surface area contributed by atoms with E-state index >= 15 is 0 Å². The fourth-order valence-electron chi connectivity index (χ4n) is 5.80. The molecule has 0 aliphatic carbocycles. The third-order valence-electron chi connectivity index (χ3n) is 7.46. The molecule has 4 heterocycles. The van der Waals surface area contributed by atoms with E-state index in [0.29, 0.717) is 31.9 Å².